The molecular formula is C15H8N4O6. The molecule has 1 heterocycles. The summed E-state index contributed by atoms with van der Waals surface area (Å²) in [7, 11) is 0. The van der Waals surface area contributed by atoms with Crippen LogP contribution in [0.5, 0.6) is 0 Å². The van der Waals surface area contributed by atoms with Crippen LogP contribution < -0.4 is 0 Å². The van der Waals surface area contributed by atoms with Gasteiger partial charge in [-0.25, -0.2) is 4.79 Å². The summed E-state index contributed by atoms with van der Waals surface area (Å²) in [6, 6.07) is 9.54. The number of nitrogens with zero attached hydrogens (tertiary/aromatic N) is 4. The fraction of sp³-hybridized carbons (Fsp3) is 0. The summed E-state index contributed by atoms with van der Waals surface area (Å²) < 4.78 is 0. The van der Waals surface area contributed by atoms with Gasteiger partial charge in [-0.2, -0.15) is 0 Å². The minimum atomic E-state index is -1.26. The number of fused-ring (bicyclic) bond motifs is 1. The van der Waals surface area contributed by atoms with E-state index in [9.17, 15) is 25.0 Å². The third-order valence-electron chi connectivity index (χ3n) is 3.51. The first-order valence-electron chi connectivity index (χ1n) is 6.81. The predicted octanol–water partition coefficient (Wildman–Crippen LogP) is 2.81. The summed E-state index contributed by atoms with van der Waals surface area (Å²) in [6.45, 7) is 0. The van der Waals surface area contributed by atoms with Gasteiger partial charge in [0.25, 0.3) is 0 Å². The monoisotopic (exact) mass is 340 g/mol. The van der Waals surface area contributed by atoms with Crippen molar-refractivity contribution in [1.29, 1.82) is 0 Å². The van der Waals surface area contributed by atoms with Crippen molar-refractivity contribution in [2.75, 3.05) is 0 Å². The number of para-hydroxylation sites is 1. The zero-order valence-corrected chi connectivity index (χ0v) is 12.3. The highest BCUT2D eigenvalue weighted by molar-refractivity contribution is 5.93. The van der Waals surface area contributed by atoms with Crippen LogP contribution in [0.4, 0.5) is 11.4 Å². The molecule has 0 saturated carbocycles. The lowest BCUT2D eigenvalue weighted by atomic mass is 10.0. The zero-order chi connectivity index (χ0) is 18.1. The number of nitro benzene ring substituents is 2. The quantitative estimate of drug-likeness (QED) is 0.562. The molecule has 0 amide bonds. The number of carbonyl (C=O) groups is 1. The summed E-state index contributed by atoms with van der Waals surface area (Å²) >= 11 is 0. The normalized spacial score (nSPS) is 10.6. The lowest BCUT2D eigenvalue weighted by molar-refractivity contribution is -0.422. The lowest BCUT2D eigenvalue weighted by Gasteiger charge is -2.05. The molecule has 3 rings (SSSR count). The topological polar surface area (TPSA) is 149 Å². The molecule has 0 aliphatic rings. The van der Waals surface area contributed by atoms with E-state index < -0.39 is 27.2 Å². The van der Waals surface area contributed by atoms with Crippen LogP contribution in [0.1, 0.15) is 10.5 Å². The first-order chi connectivity index (χ1) is 11.9. The van der Waals surface area contributed by atoms with Crippen molar-refractivity contribution in [3.05, 3.63) is 68.4 Å². The Balaban J connectivity index is 2.26. The predicted molar refractivity (Wildman–Crippen MR) is 85.2 cm³/mol. The van der Waals surface area contributed by atoms with E-state index in [0.29, 0.717) is 16.5 Å². The van der Waals surface area contributed by atoms with E-state index in [0.717, 1.165) is 6.07 Å². The molecule has 0 unspecified atom stereocenters. The van der Waals surface area contributed by atoms with Crippen LogP contribution in [0.15, 0.2) is 42.5 Å². The number of aromatic nitrogens is 2. The molecule has 3 aromatic rings. The SMILES string of the molecule is O=C(O)c1cc2cc(-c3cccc([N+](=O)[O-])c3[N+](=O)[O-])ccc2nn1. The van der Waals surface area contributed by atoms with E-state index in [1.807, 2.05) is 0 Å². The highest BCUT2D eigenvalue weighted by Gasteiger charge is 2.28. The Kier molecular flexibility index (Phi) is 3.77. The molecule has 1 N–H and O–H groups in total. The number of benzene rings is 2. The number of carboxylic acid groups (broad SMARTS) is 1. The molecule has 124 valence electrons. The molecule has 10 heteroatoms. The average Bonchev–Trinajstić information content (AvgIpc) is 2.59. The van der Waals surface area contributed by atoms with Gasteiger partial charge in [-0.1, -0.05) is 12.1 Å². The highest BCUT2D eigenvalue weighted by Crippen LogP contribution is 2.38. The molecule has 0 aliphatic carbocycles. The van der Waals surface area contributed by atoms with E-state index in [4.69, 9.17) is 5.11 Å². The molecular weight excluding hydrogens is 332 g/mol. The molecule has 1 aromatic heterocycles. The molecule has 2 aromatic carbocycles. The van der Waals surface area contributed by atoms with Gasteiger partial charge >= 0.3 is 17.3 Å². The summed E-state index contributed by atoms with van der Waals surface area (Å²) in [5, 5.41) is 39.1. The summed E-state index contributed by atoms with van der Waals surface area (Å²) in [4.78, 5) is 31.7. The third-order valence-corrected chi connectivity index (χ3v) is 3.51. The number of hydrogen-bond donors (Lipinski definition) is 1. The maximum atomic E-state index is 11.3. The van der Waals surface area contributed by atoms with E-state index >= 15 is 0 Å². The van der Waals surface area contributed by atoms with E-state index in [1.54, 1.807) is 0 Å². The Hall–Kier alpha value is -3.95. The standard InChI is InChI=1S/C15H8N4O6/c20-15(21)12-7-9-6-8(4-5-11(9)16-17-12)10-2-1-3-13(18(22)23)14(10)19(24)25/h1-7H,(H,20,21). The molecule has 0 bridgehead atoms. The van der Waals surface area contributed by atoms with Crippen molar-refractivity contribution in [2.45, 2.75) is 0 Å². The average molecular weight is 340 g/mol. The van der Waals surface area contributed by atoms with E-state index in [1.165, 1.54) is 36.4 Å². The van der Waals surface area contributed by atoms with Gasteiger partial charge in [0.2, 0.25) is 0 Å². The minimum Gasteiger partial charge on any atom is -0.476 e. The van der Waals surface area contributed by atoms with Crippen LogP contribution in [0.2, 0.25) is 0 Å². The Labute approximate surface area is 138 Å². The Bertz CT molecular complexity index is 1050. The van der Waals surface area contributed by atoms with Gasteiger partial charge in [0.05, 0.1) is 20.9 Å². The molecule has 0 fully saturated rings. The van der Waals surface area contributed by atoms with Crippen LogP contribution in [-0.2, 0) is 0 Å². The smallest absolute Gasteiger partial charge is 0.356 e. The van der Waals surface area contributed by atoms with Crippen molar-refractivity contribution in [3.8, 4) is 11.1 Å². The van der Waals surface area contributed by atoms with Crippen LogP contribution in [-0.4, -0.2) is 31.1 Å². The van der Waals surface area contributed by atoms with Crippen molar-refractivity contribution < 1.29 is 19.7 Å². The number of aromatic carboxylic acids is 1. The Morgan fingerprint density at radius 3 is 2.40 bits per heavy atom. The first-order valence-corrected chi connectivity index (χ1v) is 6.81. The summed E-state index contributed by atoms with van der Waals surface area (Å²) in [6.07, 6.45) is 0. The molecule has 0 radical (unpaired) electrons. The summed E-state index contributed by atoms with van der Waals surface area (Å²) in [5.74, 6) is -1.26. The Morgan fingerprint density at radius 2 is 1.76 bits per heavy atom. The van der Waals surface area contributed by atoms with E-state index in [2.05, 4.69) is 10.2 Å². The summed E-state index contributed by atoms with van der Waals surface area (Å²) in [5.41, 5.74) is -0.768. The molecule has 0 saturated heterocycles. The number of nitro groups is 2. The van der Waals surface area contributed by atoms with Crippen LogP contribution in [0.3, 0.4) is 0 Å². The molecule has 0 atom stereocenters. The van der Waals surface area contributed by atoms with Crippen LogP contribution in [0.25, 0.3) is 22.0 Å². The van der Waals surface area contributed by atoms with Crippen molar-refractivity contribution in [2.24, 2.45) is 0 Å². The lowest BCUT2D eigenvalue weighted by Crippen LogP contribution is -2.02. The maximum absolute atomic E-state index is 11.3. The van der Waals surface area contributed by atoms with Crippen molar-refractivity contribution in [3.63, 3.8) is 0 Å². The highest BCUT2D eigenvalue weighted by atomic mass is 16.6. The van der Waals surface area contributed by atoms with Gasteiger partial charge in [0.15, 0.2) is 5.69 Å². The largest absolute Gasteiger partial charge is 0.476 e. The van der Waals surface area contributed by atoms with Crippen LogP contribution >= 0.6 is 0 Å². The van der Waals surface area contributed by atoms with Gasteiger partial charge in [-0.3, -0.25) is 20.2 Å². The zero-order valence-electron chi connectivity index (χ0n) is 12.3. The minimum absolute atomic E-state index is 0.0507. The first kappa shape index (κ1) is 15.9. The van der Waals surface area contributed by atoms with Gasteiger partial charge in [-0.05, 0) is 29.8 Å². The molecule has 25 heavy (non-hydrogen) atoms. The van der Waals surface area contributed by atoms with Gasteiger partial charge in [0, 0.05) is 11.5 Å². The van der Waals surface area contributed by atoms with Crippen molar-refractivity contribution in [1.82, 2.24) is 10.2 Å². The Morgan fingerprint density at radius 1 is 1.00 bits per heavy atom. The van der Waals surface area contributed by atoms with Crippen molar-refractivity contribution >= 4 is 28.2 Å². The third kappa shape index (κ3) is 2.83. The van der Waals surface area contributed by atoms with Gasteiger partial charge in [-0.15, -0.1) is 10.2 Å². The fourth-order valence-electron chi connectivity index (χ4n) is 2.42. The van der Waals surface area contributed by atoms with Crippen LogP contribution in [0, 0.1) is 20.2 Å². The van der Waals surface area contributed by atoms with Gasteiger partial charge in [0.1, 0.15) is 0 Å². The number of hydrogen-bond acceptors (Lipinski definition) is 7. The fourth-order valence-corrected chi connectivity index (χ4v) is 2.42. The molecule has 0 aliphatic heterocycles. The second-order valence-electron chi connectivity index (χ2n) is 5.00. The number of rotatable bonds is 4. The molecule has 0 spiro atoms. The second-order valence-corrected chi connectivity index (χ2v) is 5.00. The van der Waals surface area contributed by atoms with E-state index in [-0.39, 0.29) is 11.3 Å². The second kappa shape index (κ2) is 5.92. The number of carboxylic acids is 1. The van der Waals surface area contributed by atoms with Gasteiger partial charge < -0.3 is 5.11 Å². The molecule has 10 nitrogen and oxygen atoms in total. The maximum Gasteiger partial charge on any atom is 0.356 e.